The summed E-state index contributed by atoms with van der Waals surface area (Å²) in [6.45, 7) is 0.572. The van der Waals surface area contributed by atoms with E-state index in [1.54, 1.807) is 4.90 Å². The van der Waals surface area contributed by atoms with E-state index in [2.05, 4.69) is 4.74 Å². The molecule has 2 heterocycles. The summed E-state index contributed by atoms with van der Waals surface area (Å²) in [4.78, 5) is 23.6. The molecule has 1 amide bonds. The first kappa shape index (κ1) is 11.3. The normalized spacial score (nSPS) is 25.1. The van der Waals surface area contributed by atoms with Crippen molar-refractivity contribution in [3.8, 4) is 0 Å². The average Bonchev–Trinajstić information content (AvgIpc) is 2.61. The largest absolute Gasteiger partial charge is 0.473 e. The van der Waals surface area contributed by atoms with Crippen LogP contribution in [0.2, 0.25) is 0 Å². The van der Waals surface area contributed by atoms with Crippen molar-refractivity contribution in [3.63, 3.8) is 0 Å². The van der Waals surface area contributed by atoms with Crippen LogP contribution in [-0.2, 0) is 19.1 Å². The molecule has 0 aliphatic carbocycles. The Bertz CT molecular complexity index is 342. The molecular formula is C10H13NO4S. The lowest BCUT2D eigenvalue weighted by Crippen LogP contribution is -2.48. The molecule has 0 saturated carbocycles. The fourth-order valence-electron chi connectivity index (χ4n) is 1.57. The number of β-lactam (4-membered cyclic amide) rings is 1. The van der Waals surface area contributed by atoms with Crippen molar-refractivity contribution in [1.29, 1.82) is 0 Å². The van der Waals surface area contributed by atoms with Crippen molar-refractivity contribution < 1.29 is 19.1 Å². The molecule has 5 nitrogen and oxygen atoms in total. The van der Waals surface area contributed by atoms with Crippen LogP contribution in [-0.4, -0.2) is 48.2 Å². The van der Waals surface area contributed by atoms with Gasteiger partial charge in [0.15, 0.2) is 6.23 Å². The number of hydrogen-bond acceptors (Lipinski definition) is 5. The first-order valence-corrected chi connectivity index (χ1v) is 6.16. The standard InChI is InChI=1S/C10H13NO4S/c1-14-10(13)6-16-3-2-7-5-11-8(12)4-9(11)15-7/h2,9H,3-6H2,1H3/b7-2+/t9-/m1/s1. The summed E-state index contributed by atoms with van der Waals surface area (Å²) in [6, 6.07) is 0. The van der Waals surface area contributed by atoms with E-state index in [-0.39, 0.29) is 18.1 Å². The molecule has 2 saturated heterocycles. The minimum atomic E-state index is -0.227. The third kappa shape index (κ3) is 2.32. The predicted molar refractivity (Wildman–Crippen MR) is 58.6 cm³/mol. The number of fused-ring (bicyclic) bond motifs is 1. The van der Waals surface area contributed by atoms with E-state index in [1.165, 1.54) is 18.9 Å². The molecule has 0 N–H and O–H groups in total. The lowest BCUT2D eigenvalue weighted by Gasteiger charge is -2.30. The molecule has 88 valence electrons. The molecule has 2 rings (SSSR count). The molecule has 0 aromatic rings. The van der Waals surface area contributed by atoms with E-state index in [9.17, 15) is 9.59 Å². The maximum absolute atomic E-state index is 11.1. The van der Waals surface area contributed by atoms with Crippen LogP contribution in [0.3, 0.4) is 0 Å². The maximum Gasteiger partial charge on any atom is 0.315 e. The molecule has 0 aromatic carbocycles. The minimum Gasteiger partial charge on any atom is -0.473 e. The number of hydrogen-bond donors (Lipinski definition) is 0. The van der Waals surface area contributed by atoms with Gasteiger partial charge in [-0.15, -0.1) is 11.8 Å². The van der Waals surface area contributed by atoms with Crippen LogP contribution in [0.5, 0.6) is 0 Å². The summed E-state index contributed by atoms with van der Waals surface area (Å²) in [5.41, 5.74) is 0. The second kappa shape index (κ2) is 4.78. The van der Waals surface area contributed by atoms with Gasteiger partial charge < -0.3 is 9.47 Å². The lowest BCUT2D eigenvalue weighted by atomic mass is 10.2. The Hall–Kier alpha value is -1.17. The van der Waals surface area contributed by atoms with Gasteiger partial charge in [-0.2, -0.15) is 0 Å². The molecule has 0 radical (unpaired) electrons. The monoisotopic (exact) mass is 243 g/mol. The zero-order valence-electron chi connectivity index (χ0n) is 8.97. The van der Waals surface area contributed by atoms with E-state index >= 15 is 0 Å². The van der Waals surface area contributed by atoms with Gasteiger partial charge in [-0.1, -0.05) is 0 Å². The van der Waals surface area contributed by atoms with Gasteiger partial charge in [-0.3, -0.25) is 14.5 Å². The first-order chi connectivity index (χ1) is 7.70. The molecule has 0 aromatic heterocycles. The average molecular weight is 243 g/mol. The van der Waals surface area contributed by atoms with Gasteiger partial charge in [-0.05, 0) is 6.08 Å². The van der Waals surface area contributed by atoms with Crippen molar-refractivity contribution in [2.24, 2.45) is 0 Å². The molecule has 2 fully saturated rings. The highest BCUT2D eigenvalue weighted by Crippen LogP contribution is 2.30. The number of carbonyl (C=O) groups is 2. The Morgan fingerprint density at radius 1 is 1.75 bits per heavy atom. The first-order valence-electron chi connectivity index (χ1n) is 5.00. The summed E-state index contributed by atoms with van der Waals surface area (Å²) in [5.74, 6) is 1.78. The second-order valence-corrected chi connectivity index (χ2v) is 4.59. The van der Waals surface area contributed by atoms with E-state index in [1.807, 2.05) is 6.08 Å². The Morgan fingerprint density at radius 3 is 3.19 bits per heavy atom. The second-order valence-electron chi connectivity index (χ2n) is 3.56. The number of carbonyl (C=O) groups excluding carboxylic acids is 2. The van der Waals surface area contributed by atoms with Gasteiger partial charge in [0.2, 0.25) is 5.91 Å². The van der Waals surface area contributed by atoms with Gasteiger partial charge in [-0.25, -0.2) is 0 Å². The van der Waals surface area contributed by atoms with E-state index in [0.717, 1.165) is 5.76 Å². The summed E-state index contributed by atoms with van der Waals surface area (Å²) in [6.07, 6.45) is 2.37. The highest BCUT2D eigenvalue weighted by molar-refractivity contribution is 8.00. The van der Waals surface area contributed by atoms with Crippen molar-refractivity contribution in [2.45, 2.75) is 12.6 Å². The smallest absolute Gasteiger partial charge is 0.315 e. The number of ether oxygens (including phenoxy) is 2. The minimum absolute atomic E-state index is 0.0376. The Morgan fingerprint density at radius 2 is 2.56 bits per heavy atom. The third-order valence-corrected chi connectivity index (χ3v) is 3.35. The zero-order valence-corrected chi connectivity index (χ0v) is 9.79. The highest BCUT2D eigenvalue weighted by Gasteiger charge is 2.43. The van der Waals surface area contributed by atoms with Gasteiger partial charge in [0, 0.05) is 5.75 Å². The van der Waals surface area contributed by atoms with Crippen LogP contribution < -0.4 is 0 Å². The van der Waals surface area contributed by atoms with E-state index in [0.29, 0.717) is 24.5 Å². The predicted octanol–water partition coefficient (Wildman–Crippen LogP) is 0.365. The number of amides is 1. The number of esters is 1. The fraction of sp³-hybridized carbons (Fsp3) is 0.600. The van der Waals surface area contributed by atoms with Crippen LogP contribution in [0, 0.1) is 0 Å². The molecule has 0 bridgehead atoms. The Balaban J connectivity index is 1.69. The van der Waals surface area contributed by atoms with Gasteiger partial charge in [0.05, 0.1) is 25.8 Å². The SMILES string of the molecule is COC(=O)CSC/C=C1\CN2C(=O)C[C@H]2O1. The molecule has 0 spiro atoms. The molecule has 6 heteroatoms. The van der Waals surface area contributed by atoms with Gasteiger partial charge >= 0.3 is 5.97 Å². The number of methoxy groups -OCH3 is 1. The fourth-order valence-corrected chi connectivity index (χ4v) is 2.27. The van der Waals surface area contributed by atoms with E-state index in [4.69, 9.17) is 4.74 Å². The van der Waals surface area contributed by atoms with Crippen LogP contribution in [0.1, 0.15) is 6.42 Å². The third-order valence-electron chi connectivity index (χ3n) is 2.51. The summed E-state index contributed by atoms with van der Waals surface area (Å²) >= 11 is 1.46. The topological polar surface area (TPSA) is 55.8 Å². The van der Waals surface area contributed by atoms with Crippen molar-refractivity contribution >= 4 is 23.6 Å². The molecule has 1 atom stereocenters. The van der Waals surface area contributed by atoms with Gasteiger partial charge in [0.1, 0.15) is 5.76 Å². The molecule has 0 unspecified atom stereocenters. The summed E-state index contributed by atoms with van der Waals surface area (Å²) in [5, 5.41) is 0. The summed E-state index contributed by atoms with van der Waals surface area (Å²) in [7, 11) is 1.37. The quantitative estimate of drug-likeness (QED) is 0.405. The number of rotatable bonds is 4. The van der Waals surface area contributed by atoms with Crippen molar-refractivity contribution in [2.75, 3.05) is 25.2 Å². The molecular weight excluding hydrogens is 230 g/mol. The zero-order chi connectivity index (χ0) is 11.5. The van der Waals surface area contributed by atoms with Crippen LogP contribution in [0.4, 0.5) is 0 Å². The maximum atomic E-state index is 11.1. The lowest BCUT2D eigenvalue weighted by molar-refractivity contribution is -0.154. The van der Waals surface area contributed by atoms with Crippen molar-refractivity contribution in [3.05, 3.63) is 11.8 Å². The molecule has 2 aliphatic rings. The van der Waals surface area contributed by atoms with E-state index < -0.39 is 0 Å². The Kier molecular flexibility index (Phi) is 3.38. The molecule has 16 heavy (non-hydrogen) atoms. The summed E-state index contributed by atoms with van der Waals surface area (Å²) < 4.78 is 10.0. The van der Waals surface area contributed by atoms with Gasteiger partial charge in [0.25, 0.3) is 0 Å². The van der Waals surface area contributed by atoms with Crippen molar-refractivity contribution in [1.82, 2.24) is 4.90 Å². The van der Waals surface area contributed by atoms with Crippen LogP contribution in [0.15, 0.2) is 11.8 Å². The number of nitrogens with zero attached hydrogens (tertiary/aromatic N) is 1. The Labute approximate surface area is 97.8 Å². The van der Waals surface area contributed by atoms with Crippen LogP contribution in [0.25, 0.3) is 0 Å². The van der Waals surface area contributed by atoms with Crippen LogP contribution >= 0.6 is 11.8 Å². The highest BCUT2D eigenvalue weighted by atomic mass is 32.2. The number of thioether (sulfide) groups is 1. The molecule has 2 aliphatic heterocycles.